The third kappa shape index (κ3) is 10.8. The van der Waals surface area contributed by atoms with Crippen LogP contribution in [0.3, 0.4) is 0 Å². The molecule has 0 fully saturated rings. The molecule has 0 aliphatic carbocycles. The van der Waals surface area contributed by atoms with Crippen LogP contribution in [0.25, 0.3) is 50.4 Å². The van der Waals surface area contributed by atoms with Crippen molar-refractivity contribution in [1.82, 2.24) is 39.9 Å². The Labute approximate surface area is 386 Å². The predicted octanol–water partition coefficient (Wildman–Crippen LogP) is 11.7. The standard InChI is InChI=1S/C25H22F3N5O.C25H20F3N5O/c2*1-4-20-19(10-16-13-30-22(5-2)33-23(16)32-20)18-12-17(7-6-14(18)3)31-24(34)15-8-9-29-21(11-15)25(26,27)28/h6-13H,4-5H2,1-3H3,(H,31,34);4,6-13H,1,5H2,2-3H3,(H,31,34). The molecule has 0 saturated carbocycles. The number of pyridine rings is 4. The van der Waals surface area contributed by atoms with Crippen LogP contribution in [0.1, 0.15) is 87.0 Å². The van der Waals surface area contributed by atoms with Gasteiger partial charge in [-0.1, -0.05) is 39.5 Å². The van der Waals surface area contributed by atoms with Crippen molar-refractivity contribution in [2.75, 3.05) is 10.6 Å². The topological polar surface area (TPSA) is 161 Å². The minimum Gasteiger partial charge on any atom is -0.322 e. The summed E-state index contributed by atoms with van der Waals surface area (Å²) >= 11 is 0. The van der Waals surface area contributed by atoms with Gasteiger partial charge < -0.3 is 10.6 Å². The van der Waals surface area contributed by atoms with Gasteiger partial charge in [0.2, 0.25) is 0 Å². The van der Waals surface area contributed by atoms with Crippen LogP contribution < -0.4 is 10.6 Å². The molecule has 0 bridgehead atoms. The summed E-state index contributed by atoms with van der Waals surface area (Å²) in [6.45, 7) is 13.7. The lowest BCUT2D eigenvalue weighted by atomic mass is 9.96. The third-order valence-corrected chi connectivity index (χ3v) is 10.7. The summed E-state index contributed by atoms with van der Waals surface area (Å²) in [6.07, 6.45) is -0.178. The number of halogens is 6. The smallest absolute Gasteiger partial charge is 0.322 e. The molecule has 0 unspecified atom stereocenters. The van der Waals surface area contributed by atoms with E-state index in [4.69, 9.17) is 4.98 Å². The van der Waals surface area contributed by atoms with Gasteiger partial charge in [-0.2, -0.15) is 26.3 Å². The summed E-state index contributed by atoms with van der Waals surface area (Å²) in [5, 5.41) is 6.90. The first-order chi connectivity index (χ1) is 32.4. The zero-order chi connectivity index (χ0) is 48.9. The molecule has 0 radical (unpaired) electrons. The number of rotatable bonds is 10. The van der Waals surface area contributed by atoms with Crippen molar-refractivity contribution in [2.45, 2.75) is 66.2 Å². The van der Waals surface area contributed by atoms with Crippen LogP contribution in [-0.2, 0) is 31.6 Å². The summed E-state index contributed by atoms with van der Waals surface area (Å²) < 4.78 is 77.7. The number of anilines is 2. The number of amides is 2. The molecule has 18 heteroatoms. The van der Waals surface area contributed by atoms with Gasteiger partial charge in [0.15, 0.2) is 11.3 Å². The van der Waals surface area contributed by atoms with Gasteiger partial charge in [0.1, 0.15) is 23.0 Å². The van der Waals surface area contributed by atoms with Crippen LogP contribution in [0.2, 0.25) is 0 Å². The Bertz CT molecular complexity index is 3230. The molecule has 2 N–H and O–H groups in total. The number of carbonyl (C=O) groups is 2. The Morgan fingerprint density at radius 2 is 1.01 bits per heavy atom. The second-order valence-electron chi connectivity index (χ2n) is 15.4. The van der Waals surface area contributed by atoms with E-state index in [0.29, 0.717) is 53.4 Å². The summed E-state index contributed by atoms with van der Waals surface area (Å²) in [4.78, 5) is 58.9. The van der Waals surface area contributed by atoms with Crippen molar-refractivity contribution >= 4 is 51.3 Å². The molecule has 8 rings (SSSR count). The van der Waals surface area contributed by atoms with Gasteiger partial charge >= 0.3 is 12.4 Å². The van der Waals surface area contributed by atoms with Crippen molar-refractivity contribution in [2.24, 2.45) is 0 Å². The van der Waals surface area contributed by atoms with Gasteiger partial charge in [0.05, 0.1) is 11.4 Å². The normalized spacial score (nSPS) is 11.5. The number of carbonyl (C=O) groups excluding carboxylic acids is 2. The molecule has 8 aromatic rings. The van der Waals surface area contributed by atoms with Gasteiger partial charge in [-0.05, 0) is 109 Å². The van der Waals surface area contributed by atoms with Crippen LogP contribution in [0.15, 0.2) is 104 Å². The summed E-state index contributed by atoms with van der Waals surface area (Å²) in [5.41, 5.74) is 6.19. The number of nitrogens with one attached hydrogen (secondary N) is 2. The van der Waals surface area contributed by atoms with E-state index in [2.05, 4.69) is 52.1 Å². The Morgan fingerprint density at radius 1 is 0.559 bits per heavy atom. The highest BCUT2D eigenvalue weighted by Crippen LogP contribution is 2.34. The molecule has 2 aromatic carbocycles. The minimum atomic E-state index is -4.64. The monoisotopic (exact) mass is 928 g/mol. The highest BCUT2D eigenvalue weighted by atomic mass is 19.4. The minimum absolute atomic E-state index is 0.130. The van der Waals surface area contributed by atoms with E-state index < -0.39 is 35.6 Å². The number of aryl methyl sites for hydroxylation is 5. The van der Waals surface area contributed by atoms with E-state index in [0.717, 1.165) is 80.2 Å². The zero-order valence-corrected chi connectivity index (χ0v) is 37.3. The molecule has 6 heterocycles. The SMILES string of the molecule is C=Cc1nc2nc(CC)ncc2cc1-c1cc(NC(=O)c2ccnc(C(F)(F)F)c2)ccc1C.CCc1ncc2cc(-c3cc(NC(=O)c4ccnc(C(F)(F)F)c4)ccc3C)c(CC)nc2n1. The van der Waals surface area contributed by atoms with Crippen LogP contribution >= 0.6 is 0 Å². The lowest BCUT2D eigenvalue weighted by Gasteiger charge is -2.14. The average Bonchev–Trinajstić information content (AvgIpc) is 3.33. The molecule has 6 aromatic heterocycles. The fraction of sp³-hybridized carbons (Fsp3) is 0.200. The van der Waals surface area contributed by atoms with Crippen molar-refractivity contribution in [3.05, 3.63) is 161 Å². The van der Waals surface area contributed by atoms with E-state index in [1.54, 1.807) is 42.7 Å². The maximum absolute atomic E-state index is 13.0. The quantitative estimate of drug-likeness (QED) is 0.126. The highest BCUT2D eigenvalue weighted by molar-refractivity contribution is 6.05. The molecule has 0 aliphatic rings. The maximum Gasteiger partial charge on any atom is 0.433 e. The van der Waals surface area contributed by atoms with Crippen molar-refractivity contribution < 1.29 is 35.9 Å². The van der Waals surface area contributed by atoms with Gasteiger partial charge in [0, 0.05) is 82.0 Å². The number of hydrogen-bond donors (Lipinski definition) is 2. The van der Waals surface area contributed by atoms with Crippen LogP contribution in [0.5, 0.6) is 0 Å². The summed E-state index contributed by atoms with van der Waals surface area (Å²) in [6, 6.07) is 18.4. The Morgan fingerprint density at radius 3 is 1.46 bits per heavy atom. The molecule has 0 atom stereocenters. The first-order valence-corrected chi connectivity index (χ1v) is 21.2. The van der Waals surface area contributed by atoms with Crippen molar-refractivity contribution in [1.29, 1.82) is 0 Å². The average molecular weight is 929 g/mol. The molecule has 0 spiro atoms. The largest absolute Gasteiger partial charge is 0.433 e. The van der Waals surface area contributed by atoms with E-state index >= 15 is 0 Å². The Hall–Kier alpha value is -8.02. The predicted molar refractivity (Wildman–Crippen MR) is 248 cm³/mol. The maximum atomic E-state index is 13.0. The van der Waals surface area contributed by atoms with Gasteiger partial charge in [-0.15, -0.1) is 0 Å². The van der Waals surface area contributed by atoms with Gasteiger partial charge in [0.25, 0.3) is 11.8 Å². The molecule has 12 nitrogen and oxygen atoms in total. The number of hydrogen-bond acceptors (Lipinski definition) is 10. The van der Waals surface area contributed by atoms with E-state index in [-0.39, 0.29) is 11.1 Å². The van der Waals surface area contributed by atoms with E-state index in [9.17, 15) is 35.9 Å². The fourth-order valence-corrected chi connectivity index (χ4v) is 7.10. The van der Waals surface area contributed by atoms with Gasteiger partial charge in [-0.25, -0.2) is 29.9 Å². The lowest BCUT2D eigenvalue weighted by molar-refractivity contribution is -0.142. The van der Waals surface area contributed by atoms with Crippen LogP contribution in [0, 0.1) is 13.8 Å². The molecule has 0 saturated heterocycles. The van der Waals surface area contributed by atoms with Crippen molar-refractivity contribution in [3.63, 3.8) is 0 Å². The highest BCUT2D eigenvalue weighted by Gasteiger charge is 2.34. The number of benzene rings is 2. The molecule has 2 amide bonds. The van der Waals surface area contributed by atoms with Crippen molar-refractivity contribution in [3.8, 4) is 22.3 Å². The Balaban J connectivity index is 0.000000201. The third-order valence-electron chi connectivity index (χ3n) is 10.7. The molecule has 0 aliphatic heterocycles. The molecular weight excluding hydrogens is 887 g/mol. The molecule has 346 valence electrons. The first kappa shape index (κ1) is 47.9. The molecule has 68 heavy (non-hydrogen) atoms. The van der Waals surface area contributed by atoms with Crippen LogP contribution in [0.4, 0.5) is 37.7 Å². The van der Waals surface area contributed by atoms with E-state index in [1.807, 2.05) is 58.9 Å². The lowest BCUT2D eigenvalue weighted by Crippen LogP contribution is -2.15. The number of fused-ring (bicyclic) bond motifs is 2. The van der Waals surface area contributed by atoms with Crippen LogP contribution in [-0.4, -0.2) is 51.7 Å². The number of nitrogens with zero attached hydrogens (tertiary/aromatic N) is 8. The van der Waals surface area contributed by atoms with E-state index in [1.165, 1.54) is 12.1 Å². The zero-order valence-electron chi connectivity index (χ0n) is 37.3. The second-order valence-corrected chi connectivity index (χ2v) is 15.4. The Kier molecular flexibility index (Phi) is 14.0. The fourth-order valence-electron chi connectivity index (χ4n) is 7.10. The summed E-state index contributed by atoms with van der Waals surface area (Å²) in [7, 11) is 0. The first-order valence-electron chi connectivity index (χ1n) is 21.2. The number of alkyl halides is 6. The van der Waals surface area contributed by atoms with Gasteiger partial charge in [-0.3, -0.25) is 19.6 Å². The number of aromatic nitrogens is 8. The summed E-state index contributed by atoms with van der Waals surface area (Å²) in [5.74, 6) is 0.0771. The molecular formula is C50H42F6N10O2. The second kappa shape index (κ2) is 19.8.